The van der Waals surface area contributed by atoms with Crippen LogP contribution in [0.3, 0.4) is 0 Å². The number of carboxylic acids is 1. The lowest BCUT2D eigenvalue weighted by Crippen LogP contribution is -2.41. The smallest absolute Gasteiger partial charge is 0.312 e. The number of aliphatic carboxylic acids is 1. The van der Waals surface area contributed by atoms with Crippen molar-refractivity contribution in [3.05, 3.63) is 29.3 Å². The Hall–Kier alpha value is -1.77. The van der Waals surface area contributed by atoms with E-state index in [2.05, 4.69) is 4.90 Å². The van der Waals surface area contributed by atoms with E-state index in [0.29, 0.717) is 44.9 Å². The maximum Gasteiger partial charge on any atom is 0.312 e. The van der Waals surface area contributed by atoms with Gasteiger partial charge in [0.2, 0.25) is 0 Å². The van der Waals surface area contributed by atoms with E-state index in [1.165, 1.54) is 19.2 Å². The van der Waals surface area contributed by atoms with Crippen molar-refractivity contribution in [2.24, 2.45) is 11.3 Å². The number of halogens is 2. The fourth-order valence-corrected chi connectivity index (χ4v) is 4.21. The van der Waals surface area contributed by atoms with Crippen molar-refractivity contribution < 1.29 is 28.2 Å². The molecule has 3 rings (SSSR count). The molecule has 8 heteroatoms. The Morgan fingerprint density at radius 3 is 2.58 bits per heavy atom. The summed E-state index contributed by atoms with van der Waals surface area (Å²) in [6.07, 6.45) is 0. The van der Waals surface area contributed by atoms with Gasteiger partial charge in [-0.25, -0.2) is 8.78 Å². The molecule has 2 aliphatic heterocycles. The van der Waals surface area contributed by atoms with Crippen LogP contribution in [0.15, 0.2) is 12.1 Å². The molecule has 0 spiro atoms. The molecule has 1 aromatic rings. The van der Waals surface area contributed by atoms with Gasteiger partial charge in [-0.05, 0) is 6.07 Å². The summed E-state index contributed by atoms with van der Waals surface area (Å²) in [6, 6.07) is 2.56. The molecule has 26 heavy (non-hydrogen) atoms. The molecule has 0 aliphatic carbocycles. The Bertz CT molecular complexity index is 687. The van der Waals surface area contributed by atoms with Gasteiger partial charge in [0, 0.05) is 57.9 Å². The second-order valence-corrected chi connectivity index (χ2v) is 7.11. The van der Waals surface area contributed by atoms with Gasteiger partial charge in [-0.15, -0.1) is 0 Å². The molecule has 2 saturated heterocycles. The number of hydrogen-bond acceptors (Lipinski definition) is 5. The van der Waals surface area contributed by atoms with E-state index in [9.17, 15) is 18.7 Å². The number of ether oxygens (including phenoxy) is 2. The monoisotopic (exact) mass is 370 g/mol. The Balaban J connectivity index is 1.73. The molecule has 0 bridgehead atoms. The number of fused-ring (bicyclic) bond motifs is 1. The third-order valence-electron chi connectivity index (χ3n) is 5.51. The molecule has 1 aromatic carbocycles. The molecule has 0 radical (unpaired) electrons. The topological polar surface area (TPSA) is 62.2 Å². The number of methoxy groups -OCH3 is 2. The van der Waals surface area contributed by atoms with E-state index in [4.69, 9.17) is 9.47 Å². The number of hydrogen-bond donors (Lipinski definition) is 1. The number of rotatable bonds is 7. The third kappa shape index (κ3) is 3.28. The van der Waals surface area contributed by atoms with Crippen molar-refractivity contribution in [3.8, 4) is 5.75 Å². The maximum atomic E-state index is 14.4. The van der Waals surface area contributed by atoms with Gasteiger partial charge in [0.15, 0.2) is 17.4 Å². The molecule has 2 fully saturated rings. The molecule has 144 valence electrons. The number of carboxylic acid groups (broad SMARTS) is 1. The van der Waals surface area contributed by atoms with Crippen molar-refractivity contribution >= 4 is 5.97 Å². The first-order valence-corrected chi connectivity index (χ1v) is 8.59. The van der Waals surface area contributed by atoms with Crippen molar-refractivity contribution in [1.82, 2.24) is 9.80 Å². The van der Waals surface area contributed by atoms with Crippen molar-refractivity contribution in [2.75, 3.05) is 53.6 Å². The molecule has 2 heterocycles. The molecule has 0 amide bonds. The zero-order chi connectivity index (χ0) is 18.9. The lowest BCUT2D eigenvalue weighted by molar-refractivity contribution is -0.149. The number of likely N-dealkylation sites (tertiary alicyclic amines) is 2. The Morgan fingerprint density at radius 1 is 1.27 bits per heavy atom. The highest BCUT2D eigenvalue weighted by atomic mass is 19.1. The van der Waals surface area contributed by atoms with E-state index in [0.717, 1.165) is 0 Å². The first kappa shape index (κ1) is 19.0. The molecule has 2 atom stereocenters. The van der Waals surface area contributed by atoms with Crippen LogP contribution in [-0.2, 0) is 16.1 Å². The van der Waals surface area contributed by atoms with Gasteiger partial charge in [0.1, 0.15) is 0 Å². The minimum absolute atomic E-state index is 0.0257. The van der Waals surface area contributed by atoms with E-state index in [1.54, 1.807) is 7.11 Å². The molecule has 2 aliphatic rings. The van der Waals surface area contributed by atoms with Crippen LogP contribution in [0.4, 0.5) is 8.78 Å². The average Bonchev–Trinajstić information content (AvgIpc) is 3.10. The molecular formula is C18H24F2N2O4. The first-order chi connectivity index (χ1) is 12.4. The van der Waals surface area contributed by atoms with Crippen LogP contribution in [0, 0.1) is 23.0 Å². The van der Waals surface area contributed by atoms with Crippen molar-refractivity contribution in [2.45, 2.75) is 6.54 Å². The van der Waals surface area contributed by atoms with Gasteiger partial charge in [-0.1, -0.05) is 6.07 Å². The predicted octanol–water partition coefficient (Wildman–Crippen LogP) is 1.44. The summed E-state index contributed by atoms with van der Waals surface area (Å²) in [7, 11) is 2.84. The Morgan fingerprint density at radius 2 is 1.96 bits per heavy atom. The lowest BCUT2D eigenvalue weighted by Gasteiger charge is -2.25. The quantitative estimate of drug-likeness (QED) is 0.784. The minimum Gasteiger partial charge on any atom is -0.491 e. The highest BCUT2D eigenvalue weighted by molar-refractivity contribution is 5.77. The summed E-state index contributed by atoms with van der Waals surface area (Å²) in [5.41, 5.74) is -0.547. The fourth-order valence-electron chi connectivity index (χ4n) is 4.21. The Kier molecular flexibility index (Phi) is 5.45. The van der Waals surface area contributed by atoms with Gasteiger partial charge >= 0.3 is 5.97 Å². The van der Waals surface area contributed by atoms with Crippen LogP contribution in [-0.4, -0.2) is 74.4 Å². The molecular weight excluding hydrogens is 346 g/mol. The fraction of sp³-hybridized carbons (Fsp3) is 0.611. The standard InChI is InChI=1S/C18H24F2N2O4/c1-25-6-5-21-8-13-9-22(11-18(13,10-21)17(23)24)7-12-3-4-14(19)16(26-2)15(12)20/h3-4,13H,5-11H2,1-2H3,(H,23,24). The number of benzene rings is 1. The second-order valence-electron chi connectivity index (χ2n) is 7.11. The predicted molar refractivity (Wildman–Crippen MR) is 90.1 cm³/mol. The minimum atomic E-state index is -0.853. The van der Waals surface area contributed by atoms with Crippen LogP contribution < -0.4 is 4.74 Å². The van der Waals surface area contributed by atoms with Gasteiger partial charge in [-0.3, -0.25) is 14.6 Å². The highest BCUT2D eigenvalue weighted by Gasteiger charge is 2.57. The van der Waals surface area contributed by atoms with E-state index in [-0.39, 0.29) is 12.5 Å². The van der Waals surface area contributed by atoms with Crippen LogP contribution in [0.2, 0.25) is 0 Å². The largest absolute Gasteiger partial charge is 0.491 e. The SMILES string of the molecule is COCCN1CC2CN(Cc3ccc(F)c(OC)c3F)CC2(C(=O)O)C1. The van der Waals surface area contributed by atoms with E-state index < -0.39 is 28.8 Å². The van der Waals surface area contributed by atoms with Crippen molar-refractivity contribution in [1.29, 1.82) is 0 Å². The van der Waals surface area contributed by atoms with Gasteiger partial charge in [0.25, 0.3) is 0 Å². The molecule has 0 aromatic heterocycles. The average molecular weight is 370 g/mol. The van der Waals surface area contributed by atoms with E-state index in [1.807, 2.05) is 4.90 Å². The summed E-state index contributed by atoms with van der Waals surface area (Å²) in [5.74, 6) is -2.72. The summed E-state index contributed by atoms with van der Waals surface area (Å²) in [6.45, 7) is 3.54. The first-order valence-electron chi connectivity index (χ1n) is 8.59. The molecule has 2 unspecified atom stereocenters. The van der Waals surface area contributed by atoms with Gasteiger partial charge in [0.05, 0.1) is 19.1 Å². The van der Waals surface area contributed by atoms with Crippen LogP contribution in [0.1, 0.15) is 5.56 Å². The summed E-state index contributed by atoms with van der Waals surface area (Å²) in [5, 5.41) is 9.85. The number of nitrogens with zero attached hydrogens (tertiary/aromatic N) is 2. The molecule has 6 nitrogen and oxygen atoms in total. The van der Waals surface area contributed by atoms with Gasteiger partial charge in [-0.2, -0.15) is 0 Å². The maximum absolute atomic E-state index is 14.4. The lowest BCUT2D eigenvalue weighted by atomic mass is 9.81. The zero-order valence-corrected chi connectivity index (χ0v) is 15.0. The summed E-state index contributed by atoms with van der Waals surface area (Å²) in [4.78, 5) is 16.1. The van der Waals surface area contributed by atoms with Crippen LogP contribution >= 0.6 is 0 Å². The number of carbonyl (C=O) groups is 1. The van der Waals surface area contributed by atoms with Gasteiger partial charge < -0.3 is 14.6 Å². The summed E-state index contributed by atoms with van der Waals surface area (Å²) < 4.78 is 37.8. The molecule has 1 N–H and O–H groups in total. The Labute approximate surface area is 151 Å². The zero-order valence-electron chi connectivity index (χ0n) is 15.0. The highest BCUT2D eigenvalue weighted by Crippen LogP contribution is 2.43. The van der Waals surface area contributed by atoms with Crippen molar-refractivity contribution in [3.63, 3.8) is 0 Å². The van der Waals surface area contributed by atoms with Crippen LogP contribution in [0.5, 0.6) is 5.75 Å². The normalized spacial score (nSPS) is 26.2. The molecule has 0 saturated carbocycles. The summed E-state index contributed by atoms with van der Waals surface area (Å²) >= 11 is 0. The second kappa shape index (κ2) is 7.46. The third-order valence-corrected chi connectivity index (χ3v) is 5.51. The van der Waals surface area contributed by atoms with Crippen LogP contribution in [0.25, 0.3) is 0 Å². The van der Waals surface area contributed by atoms with E-state index >= 15 is 0 Å².